The van der Waals surface area contributed by atoms with Gasteiger partial charge in [0.2, 0.25) is 0 Å². The number of anilines is 1. The summed E-state index contributed by atoms with van der Waals surface area (Å²) in [6, 6.07) is 18.4. The Morgan fingerprint density at radius 1 is 1.07 bits per heavy atom. The lowest BCUT2D eigenvalue weighted by atomic mass is 10.0. The van der Waals surface area contributed by atoms with Gasteiger partial charge < -0.3 is 19.3 Å². The molecule has 1 fully saturated rings. The van der Waals surface area contributed by atoms with Crippen molar-refractivity contribution in [2.24, 2.45) is 0 Å². The Morgan fingerprint density at radius 3 is 2.30 bits per heavy atom. The first-order valence-corrected chi connectivity index (χ1v) is 9.07. The Morgan fingerprint density at radius 2 is 1.74 bits per heavy atom. The highest BCUT2D eigenvalue weighted by atomic mass is 16.5. The SMILES string of the molecule is COC(=O)/C=C1/C(c2ccccc2)N(c2ccc(OC)cc2)CN1C(C)C. The van der Waals surface area contributed by atoms with Crippen LogP contribution in [0, 0.1) is 0 Å². The van der Waals surface area contributed by atoms with Gasteiger partial charge in [-0.2, -0.15) is 0 Å². The van der Waals surface area contributed by atoms with Gasteiger partial charge in [0.05, 0.1) is 26.9 Å². The molecule has 1 heterocycles. The van der Waals surface area contributed by atoms with Crippen molar-refractivity contribution in [3.8, 4) is 5.75 Å². The molecular weight excluding hydrogens is 340 g/mol. The minimum Gasteiger partial charge on any atom is -0.497 e. The van der Waals surface area contributed by atoms with E-state index in [2.05, 4.69) is 35.8 Å². The van der Waals surface area contributed by atoms with Gasteiger partial charge in [0.1, 0.15) is 5.75 Å². The molecule has 1 aliphatic rings. The molecule has 1 unspecified atom stereocenters. The summed E-state index contributed by atoms with van der Waals surface area (Å²) in [5, 5.41) is 0. The molecule has 0 bridgehead atoms. The summed E-state index contributed by atoms with van der Waals surface area (Å²) < 4.78 is 10.2. The molecule has 0 amide bonds. The van der Waals surface area contributed by atoms with Gasteiger partial charge >= 0.3 is 5.97 Å². The molecule has 0 N–H and O–H groups in total. The minimum atomic E-state index is -0.340. The highest BCUT2D eigenvalue weighted by Gasteiger charge is 2.37. The van der Waals surface area contributed by atoms with Gasteiger partial charge in [-0.15, -0.1) is 0 Å². The Hall–Kier alpha value is -2.95. The summed E-state index contributed by atoms with van der Waals surface area (Å²) in [4.78, 5) is 16.6. The van der Waals surface area contributed by atoms with E-state index in [-0.39, 0.29) is 18.1 Å². The number of hydrogen-bond acceptors (Lipinski definition) is 5. The van der Waals surface area contributed by atoms with E-state index in [9.17, 15) is 4.79 Å². The van der Waals surface area contributed by atoms with E-state index in [1.165, 1.54) is 7.11 Å². The first kappa shape index (κ1) is 18.8. The second-order valence-electron chi connectivity index (χ2n) is 6.78. The summed E-state index contributed by atoms with van der Waals surface area (Å²) >= 11 is 0. The fourth-order valence-corrected chi connectivity index (χ4v) is 3.44. The minimum absolute atomic E-state index is 0.0684. The third-order valence-electron chi connectivity index (χ3n) is 4.84. The summed E-state index contributed by atoms with van der Waals surface area (Å²) in [6.07, 6.45) is 1.61. The predicted octanol–water partition coefficient (Wildman–Crippen LogP) is 3.98. The van der Waals surface area contributed by atoms with Crippen LogP contribution in [-0.4, -0.2) is 37.8 Å². The van der Waals surface area contributed by atoms with Gasteiger partial charge in [-0.25, -0.2) is 4.79 Å². The lowest BCUT2D eigenvalue weighted by Gasteiger charge is -2.26. The molecule has 2 aromatic rings. The smallest absolute Gasteiger partial charge is 0.332 e. The van der Waals surface area contributed by atoms with E-state index < -0.39 is 0 Å². The van der Waals surface area contributed by atoms with E-state index in [1.54, 1.807) is 13.2 Å². The molecule has 0 spiro atoms. The third-order valence-corrected chi connectivity index (χ3v) is 4.84. The maximum Gasteiger partial charge on any atom is 0.332 e. The van der Waals surface area contributed by atoms with E-state index in [0.717, 1.165) is 22.7 Å². The molecule has 0 aliphatic carbocycles. The maximum atomic E-state index is 12.1. The standard InChI is InChI=1S/C22H26N2O3/c1-16(2)23-15-24(18-10-12-19(26-3)13-11-18)22(17-8-6-5-7-9-17)20(23)14-21(25)27-4/h5-14,16,22H,15H2,1-4H3/b20-14-. The van der Waals surface area contributed by atoms with E-state index in [0.29, 0.717) is 6.67 Å². The van der Waals surface area contributed by atoms with Crippen molar-refractivity contribution in [3.05, 3.63) is 71.9 Å². The van der Waals surface area contributed by atoms with Gasteiger partial charge in [-0.3, -0.25) is 0 Å². The number of hydrogen-bond donors (Lipinski definition) is 0. The molecular formula is C22H26N2O3. The fraction of sp³-hybridized carbons (Fsp3) is 0.318. The van der Waals surface area contributed by atoms with Crippen LogP contribution in [0.25, 0.3) is 0 Å². The molecule has 0 saturated carbocycles. The molecule has 5 nitrogen and oxygen atoms in total. The zero-order valence-corrected chi connectivity index (χ0v) is 16.3. The Kier molecular flexibility index (Phi) is 5.69. The number of carbonyl (C=O) groups excluding carboxylic acids is 1. The summed E-state index contributed by atoms with van der Waals surface area (Å²) in [5.74, 6) is 0.480. The van der Waals surface area contributed by atoms with Crippen LogP contribution in [0.4, 0.5) is 5.69 Å². The average molecular weight is 366 g/mol. The molecule has 0 radical (unpaired) electrons. The van der Waals surface area contributed by atoms with Crippen molar-refractivity contribution in [2.75, 3.05) is 25.8 Å². The van der Waals surface area contributed by atoms with Gasteiger partial charge in [0, 0.05) is 23.5 Å². The second-order valence-corrected chi connectivity index (χ2v) is 6.78. The monoisotopic (exact) mass is 366 g/mol. The van der Waals surface area contributed by atoms with Crippen LogP contribution in [0.3, 0.4) is 0 Å². The van der Waals surface area contributed by atoms with Crippen LogP contribution in [-0.2, 0) is 9.53 Å². The molecule has 3 rings (SSSR count). The third kappa shape index (κ3) is 3.92. The van der Waals surface area contributed by atoms with Crippen molar-refractivity contribution in [3.63, 3.8) is 0 Å². The van der Waals surface area contributed by atoms with E-state index in [1.807, 2.05) is 42.5 Å². The summed E-state index contributed by atoms with van der Waals surface area (Å²) in [6.45, 7) is 4.95. The summed E-state index contributed by atoms with van der Waals surface area (Å²) in [5.41, 5.74) is 3.15. The van der Waals surface area contributed by atoms with E-state index in [4.69, 9.17) is 9.47 Å². The van der Waals surface area contributed by atoms with Gasteiger partial charge in [0.25, 0.3) is 0 Å². The van der Waals surface area contributed by atoms with Crippen LogP contribution in [0.1, 0.15) is 25.5 Å². The van der Waals surface area contributed by atoms with E-state index >= 15 is 0 Å². The fourth-order valence-electron chi connectivity index (χ4n) is 3.44. The van der Waals surface area contributed by atoms with Gasteiger partial charge in [0.15, 0.2) is 0 Å². The highest BCUT2D eigenvalue weighted by molar-refractivity contribution is 5.83. The number of ether oxygens (including phenoxy) is 2. The highest BCUT2D eigenvalue weighted by Crippen LogP contribution is 2.41. The molecule has 1 saturated heterocycles. The first-order valence-electron chi connectivity index (χ1n) is 9.07. The average Bonchev–Trinajstić information content (AvgIpc) is 3.08. The number of rotatable bonds is 5. The maximum absolute atomic E-state index is 12.1. The molecule has 0 aromatic heterocycles. The zero-order chi connectivity index (χ0) is 19.4. The molecule has 27 heavy (non-hydrogen) atoms. The number of benzene rings is 2. The Bertz CT molecular complexity index is 800. The van der Waals surface area contributed by atoms with Crippen molar-refractivity contribution in [1.29, 1.82) is 0 Å². The van der Waals surface area contributed by atoms with Crippen LogP contribution in [0.2, 0.25) is 0 Å². The predicted molar refractivity (Wildman–Crippen MR) is 107 cm³/mol. The topological polar surface area (TPSA) is 42.0 Å². The van der Waals surface area contributed by atoms with Crippen LogP contribution >= 0.6 is 0 Å². The Balaban J connectivity index is 2.10. The molecule has 1 aliphatic heterocycles. The lowest BCUT2D eigenvalue weighted by Crippen LogP contribution is -2.30. The number of esters is 1. The normalized spacial score (nSPS) is 18.3. The lowest BCUT2D eigenvalue weighted by molar-refractivity contribution is -0.135. The van der Waals surface area contributed by atoms with Crippen LogP contribution in [0.15, 0.2) is 66.4 Å². The molecule has 2 aromatic carbocycles. The summed E-state index contributed by atoms with van der Waals surface area (Å²) in [7, 11) is 3.07. The van der Waals surface area contributed by atoms with Crippen molar-refractivity contribution in [1.82, 2.24) is 4.90 Å². The quantitative estimate of drug-likeness (QED) is 0.591. The number of methoxy groups -OCH3 is 2. The van der Waals surface area contributed by atoms with Crippen LogP contribution in [0.5, 0.6) is 5.75 Å². The molecule has 5 heteroatoms. The van der Waals surface area contributed by atoms with Crippen molar-refractivity contribution < 1.29 is 14.3 Å². The molecule has 1 atom stereocenters. The van der Waals surface area contributed by atoms with Gasteiger partial charge in [-0.05, 0) is 43.7 Å². The zero-order valence-electron chi connectivity index (χ0n) is 16.3. The Labute approximate surface area is 160 Å². The molecule has 142 valence electrons. The number of nitrogens with zero attached hydrogens (tertiary/aromatic N) is 2. The first-order chi connectivity index (χ1) is 13.0. The van der Waals surface area contributed by atoms with Gasteiger partial charge in [-0.1, -0.05) is 30.3 Å². The number of carbonyl (C=O) groups is 1. The van der Waals surface area contributed by atoms with Crippen molar-refractivity contribution in [2.45, 2.75) is 25.9 Å². The van der Waals surface area contributed by atoms with Crippen LogP contribution < -0.4 is 9.64 Å². The second kappa shape index (κ2) is 8.16. The largest absolute Gasteiger partial charge is 0.497 e. The van der Waals surface area contributed by atoms with Crippen molar-refractivity contribution >= 4 is 11.7 Å².